The maximum absolute atomic E-state index is 6.63. The maximum Gasteiger partial charge on any atom is 0.143 e. The van der Waals surface area contributed by atoms with Gasteiger partial charge in [-0.05, 0) is 48.8 Å². The van der Waals surface area contributed by atoms with Crippen LogP contribution in [0.3, 0.4) is 0 Å². The monoisotopic (exact) mass is 660 g/mol. The van der Waals surface area contributed by atoms with E-state index in [1.807, 2.05) is 98.1 Å². The Bertz CT molecular complexity index is 2700. The zero-order valence-electron chi connectivity index (χ0n) is 28.5. The molecule has 0 bridgehead atoms. The van der Waals surface area contributed by atoms with Gasteiger partial charge in [-0.25, -0.2) is 0 Å². The highest BCUT2D eigenvalue weighted by molar-refractivity contribution is 6.18. The summed E-state index contributed by atoms with van der Waals surface area (Å²) in [5.41, 5.74) is 18.6. The molecule has 0 saturated carbocycles. The number of benzene rings is 6. The Labute approximate surface area is 296 Å². The summed E-state index contributed by atoms with van der Waals surface area (Å²) in [6, 6.07) is 45.4. The van der Waals surface area contributed by atoms with E-state index in [1.165, 1.54) is 5.56 Å². The van der Waals surface area contributed by atoms with E-state index in [9.17, 15) is 0 Å². The zero-order valence-corrected chi connectivity index (χ0v) is 28.5. The van der Waals surface area contributed by atoms with Gasteiger partial charge < -0.3 is 14.6 Å². The second kappa shape index (κ2) is 13.7. The molecule has 8 aromatic rings. The highest BCUT2D eigenvalue weighted by atomic mass is 16.3. The molecular weight excluding hydrogens is 625 g/mol. The van der Waals surface area contributed by atoms with Crippen LogP contribution in [0.2, 0.25) is 0 Å². The predicted octanol–water partition coefficient (Wildman–Crippen LogP) is 12.4. The molecule has 0 radical (unpaired) electrons. The number of hydrogen-bond acceptors (Lipinski definition) is 4. The molecule has 4 nitrogen and oxygen atoms in total. The van der Waals surface area contributed by atoms with Crippen LogP contribution in [-0.4, -0.2) is 5.71 Å². The molecular formula is C47H36N2O2. The number of allylic oxidation sites excluding steroid dienone is 6. The molecule has 0 atom stereocenters. The quantitative estimate of drug-likeness (QED) is 0.130. The molecule has 0 amide bonds. The molecule has 0 spiro atoms. The lowest BCUT2D eigenvalue weighted by Crippen LogP contribution is -2.03. The number of fused-ring (bicyclic) bond motifs is 6. The van der Waals surface area contributed by atoms with Gasteiger partial charge in [-0.2, -0.15) is 0 Å². The van der Waals surface area contributed by atoms with E-state index in [2.05, 4.69) is 85.8 Å². The minimum Gasteiger partial charge on any atom is -0.455 e. The van der Waals surface area contributed by atoms with Gasteiger partial charge in [0.25, 0.3) is 0 Å². The predicted molar refractivity (Wildman–Crippen MR) is 215 cm³/mol. The lowest BCUT2D eigenvalue weighted by Gasteiger charge is -2.05. The fourth-order valence-electron chi connectivity index (χ4n) is 6.71. The Hall–Kier alpha value is -6.65. The van der Waals surface area contributed by atoms with Gasteiger partial charge in [0.05, 0.1) is 5.71 Å². The summed E-state index contributed by atoms with van der Waals surface area (Å²) < 4.78 is 13.2. The highest BCUT2D eigenvalue weighted by Crippen LogP contribution is 2.41. The van der Waals surface area contributed by atoms with Crippen LogP contribution in [-0.2, 0) is 0 Å². The summed E-state index contributed by atoms with van der Waals surface area (Å²) in [6.45, 7) is 4.13. The smallest absolute Gasteiger partial charge is 0.143 e. The van der Waals surface area contributed by atoms with Crippen molar-refractivity contribution in [3.05, 3.63) is 192 Å². The fraction of sp³-hybridized carbons (Fsp3) is 0.0426. The molecule has 0 unspecified atom stereocenters. The second-order valence-corrected chi connectivity index (χ2v) is 12.6. The van der Waals surface area contributed by atoms with Gasteiger partial charge in [0.2, 0.25) is 0 Å². The minimum absolute atomic E-state index is 0.653. The maximum atomic E-state index is 6.63. The number of rotatable bonds is 8. The van der Waals surface area contributed by atoms with E-state index in [1.54, 1.807) is 0 Å². The Morgan fingerprint density at radius 3 is 2.04 bits per heavy atom. The minimum atomic E-state index is 0.653. The molecule has 0 saturated heterocycles. The molecule has 246 valence electrons. The normalized spacial score (nSPS) is 13.2. The number of aliphatic imine (C=N–C) groups is 1. The first-order chi connectivity index (χ1) is 25.1. The molecule has 2 aromatic heterocycles. The summed E-state index contributed by atoms with van der Waals surface area (Å²) in [4.78, 5) is 4.84. The number of nitrogens with two attached hydrogens (primary N) is 1. The summed E-state index contributed by atoms with van der Waals surface area (Å²) in [7, 11) is 0. The number of para-hydroxylation sites is 2. The first-order valence-electron chi connectivity index (χ1n) is 17.1. The summed E-state index contributed by atoms with van der Waals surface area (Å²) >= 11 is 0. The van der Waals surface area contributed by atoms with Crippen LogP contribution < -0.4 is 5.73 Å². The Kier molecular flexibility index (Phi) is 8.49. The van der Waals surface area contributed by atoms with E-state index in [4.69, 9.17) is 19.6 Å². The van der Waals surface area contributed by atoms with Crippen LogP contribution in [0.15, 0.2) is 184 Å². The molecule has 6 aromatic carbocycles. The van der Waals surface area contributed by atoms with Crippen molar-refractivity contribution >= 4 is 60.9 Å². The molecule has 0 fully saturated rings. The van der Waals surface area contributed by atoms with Crippen molar-refractivity contribution in [3.8, 4) is 11.1 Å². The van der Waals surface area contributed by atoms with Crippen LogP contribution in [0.25, 0.3) is 66.3 Å². The third-order valence-electron chi connectivity index (χ3n) is 9.15. The standard InChI is InChI=1S/C47H36N2O2/c1-3-14-32(21-13-26-49-43(34-18-8-5-9-19-34)29-42(48)33-16-6-4-7-17-33)36-22-11-24-38-40-28-41-39-25-12-23-37(35-20-10-15-31(2)27-35)47(39)51-45(41)30-44(40)50-46(36)38/h3-30H,48H2,1-2H3/b14-3+,26-13-,32-21+,42-29-,49-43-. The van der Waals surface area contributed by atoms with Crippen molar-refractivity contribution < 1.29 is 8.83 Å². The molecule has 0 aliphatic carbocycles. The van der Waals surface area contributed by atoms with Gasteiger partial charge >= 0.3 is 0 Å². The van der Waals surface area contributed by atoms with Gasteiger partial charge in [0.15, 0.2) is 0 Å². The average molecular weight is 661 g/mol. The van der Waals surface area contributed by atoms with Crippen LogP contribution in [0.1, 0.15) is 29.2 Å². The lowest BCUT2D eigenvalue weighted by atomic mass is 9.99. The van der Waals surface area contributed by atoms with E-state index < -0.39 is 0 Å². The Morgan fingerprint density at radius 2 is 1.31 bits per heavy atom. The van der Waals surface area contributed by atoms with Gasteiger partial charge in [-0.1, -0.05) is 145 Å². The van der Waals surface area contributed by atoms with Crippen LogP contribution in [0, 0.1) is 6.92 Å². The van der Waals surface area contributed by atoms with Gasteiger partial charge in [-0.15, -0.1) is 0 Å². The lowest BCUT2D eigenvalue weighted by molar-refractivity contribution is 0.656. The first kappa shape index (κ1) is 31.6. The van der Waals surface area contributed by atoms with Gasteiger partial charge in [0.1, 0.15) is 22.3 Å². The van der Waals surface area contributed by atoms with Crippen LogP contribution in [0.5, 0.6) is 0 Å². The molecule has 0 aliphatic rings. The third kappa shape index (κ3) is 6.20. The number of aryl methyl sites for hydroxylation is 1. The molecule has 4 heteroatoms. The first-order valence-corrected chi connectivity index (χ1v) is 17.1. The third-order valence-corrected chi connectivity index (χ3v) is 9.15. The Morgan fingerprint density at radius 1 is 0.647 bits per heavy atom. The van der Waals surface area contributed by atoms with E-state index in [0.29, 0.717) is 5.70 Å². The van der Waals surface area contributed by atoms with E-state index in [-0.39, 0.29) is 0 Å². The zero-order chi connectivity index (χ0) is 34.7. The van der Waals surface area contributed by atoms with Gasteiger partial charge in [0, 0.05) is 56.2 Å². The highest BCUT2D eigenvalue weighted by Gasteiger charge is 2.18. The second-order valence-electron chi connectivity index (χ2n) is 12.6. The van der Waals surface area contributed by atoms with Crippen molar-refractivity contribution in [2.24, 2.45) is 10.7 Å². The Balaban J connectivity index is 1.18. The topological polar surface area (TPSA) is 64.7 Å². The number of hydrogen-bond donors (Lipinski definition) is 1. The average Bonchev–Trinajstić information content (AvgIpc) is 3.72. The SMILES string of the molecule is C/C=C/C(=C\C=C/N=C(/C=C(\N)c1ccccc1)c1ccccc1)c1cccc2c1oc1cc3oc4c(-c5cccc(C)c5)cccc4c3cc12. The molecule has 2 heterocycles. The van der Waals surface area contributed by atoms with Crippen molar-refractivity contribution in [1.29, 1.82) is 0 Å². The molecule has 2 N–H and O–H groups in total. The molecule has 8 rings (SSSR count). The van der Waals surface area contributed by atoms with E-state index >= 15 is 0 Å². The fourth-order valence-corrected chi connectivity index (χ4v) is 6.71. The van der Waals surface area contributed by atoms with Crippen molar-refractivity contribution in [1.82, 2.24) is 0 Å². The van der Waals surface area contributed by atoms with Crippen LogP contribution in [0.4, 0.5) is 0 Å². The number of nitrogens with zero attached hydrogens (tertiary/aromatic N) is 1. The van der Waals surface area contributed by atoms with Crippen LogP contribution >= 0.6 is 0 Å². The van der Waals surface area contributed by atoms with Crippen molar-refractivity contribution in [3.63, 3.8) is 0 Å². The largest absolute Gasteiger partial charge is 0.455 e. The summed E-state index contributed by atoms with van der Waals surface area (Å²) in [5.74, 6) is 0. The molecule has 51 heavy (non-hydrogen) atoms. The number of furan rings is 2. The summed E-state index contributed by atoms with van der Waals surface area (Å²) in [6.07, 6.45) is 11.9. The van der Waals surface area contributed by atoms with E-state index in [0.717, 1.165) is 83.0 Å². The van der Waals surface area contributed by atoms with Crippen molar-refractivity contribution in [2.45, 2.75) is 13.8 Å². The van der Waals surface area contributed by atoms with Crippen molar-refractivity contribution in [2.75, 3.05) is 0 Å². The molecule has 0 aliphatic heterocycles. The van der Waals surface area contributed by atoms with Gasteiger partial charge in [-0.3, -0.25) is 4.99 Å². The summed E-state index contributed by atoms with van der Waals surface area (Å²) in [5, 5.41) is 4.27.